The van der Waals surface area contributed by atoms with Gasteiger partial charge in [-0.25, -0.2) is 0 Å². The molecule has 1 aliphatic rings. The highest BCUT2D eigenvalue weighted by atomic mass is 14.3. The summed E-state index contributed by atoms with van der Waals surface area (Å²) < 4.78 is 0. The average Bonchev–Trinajstić information content (AvgIpc) is 2.01. The van der Waals surface area contributed by atoms with E-state index in [1.54, 1.807) is 11.1 Å². The summed E-state index contributed by atoms with van der Waals surface area (Å²) in [7, 11) is 0. The lowest BCUT2D eigenvalue weighted by Gasteiger charge is -2.35. The number of rotatable bonds is 1. The summed E-state index contributed by atoms with van der Waals surface area (Å²) >= 11 is 0. The molecule has 1 rings (SSSR count). The Morgan fingerprint density at radius 2 is 1.71 bits per heavy atom. The maximum Gasteiger partial charge on any atom is -0.0101 e. The highest BCUT2D eigenvalue weighted by Crippen LogP contribution is 2.44. The molecular formula is C14H24. The minimum atomic E-state index is 0.393. The van der Waals surface area contributed by atoms with Crippen LogP contribution < -0.4 is 0 Å². The SMILES string of the molecule is CC(C)=C(C)C1=C(C)CCCC1(C)C. The van der Waals surface area contributed by atoms with Crippen LogP contribution >= 0.6 is 0 Å². The fourth-order valence-corrected chi connectivity index (χ4v) is 2.70. The zero-order valence-electron chi connectivity index (χ0n) is 10.6. The second-order valence-electron chi connectivity index (χ2n) is 5.52. The van der Waals surface area contributed by atoms with Crippen LogP contribution in [-0.4, -0.2) is 0 Å². The first-order valence-corrected chi connectivity index (χ1v) is 5.71. The van der Waals surface area contributed by atoms with Gasteiger partial charge in [0.2, 0.25) is 0 Å². The lowest BCUT2D eigenvalue weighted by molar-refractivity contribution is 0.372. The monoisotopic (exact) mass is 192 g/mol. The predicted octanol–water partition coefficient (Wildman–Crippen LogP) is 4.87. The fourth-order valence-electron chi connectivity index (χ4n) is 2.70. The van der Waals surface area contributed by atoms with Gasteiger partial charge in [0.15, 0.2) is 0 Å². The molecule has 0 aromatic heterocycles. The van der Waals surface area contributed by atoms with Gasteiger partial charge in [-0.3, -0.25) is 0 Å². The van der Waals surface area contributed by atoms with Crippen molar-refractivity contribution in [2.45, 2.75) is 60.8 Å². The molecular weight excluding hydrogens is 168 g/mol. The van der Waals surface area contributed by atoms with Crippen LogP contribution in [0.2, 0.25) is 0 Å². The third kappa shape index (κ3) is 2.10. The molecule has 0 spiro atoms. The molecule has 1 aliphatic carbocycles. The Kier molecular flexibility index (Phi) is 3.24. The first kappa shape index (κ1) is 11.6. The van der Waals surface area contributed by atoms with E-state index < -0.39 is 0 Å². The van der Waals surface area contributed by atoms with Gasteiger partial charge in [-0.1, -0.05) is 25.0 Å². The zero-order chi connectivity index (χ0) is 10.9. The van der Waals surface area contributed by atoms with E-state index in [1.807, 2.05) is 0 Å². The van der Waals surface area contributed by atoms with Gasteiger partial charge in [-0.15, -0.1) is 0 Å². The summed E-state index contributed by atoms with van der Waals surface area (Å²) in [4.78, 5) is 0. The van der Waals surface area contributed by atoms with Gasteiger partial charge in [0.25, 0.3) is 0 Å². The van der Waals surface area contributed by atoms with Crippen molar-refractivity contribution in [3.63, 3.8) is 0 Å². The minimum Gasteiger partial charge on any atom is -0.0732 e. The Morgan fingerprint density at radius 1 is 1.14 bits per heavy atom. The van der Waals surface area contributed by atoms with Crippen molar-refractivity contribution in [3.05, 3.63) is 22.3 Å². The molecule has 14 heavy (non-hydrogen) atoms. The molecule has 0 heterocycles. The lowest BCUT2D eigenvalue weighted by Crippen LogP contribution is -2.21. The first-order valence-electron chi connectivity index (χ1n) is 5.71. The van der Waals surface area contributed by atoms with Gasteiger partial charge in [-0.05, 0) is 63.5 Å². The Balaban J connectivity index is 3.22. The second kappa shape index (κ2) is 3.92. The molecule has 0 bridgehead atoms. The van der Waals surface area contributed by atoms with Crippen molar-refractivity contribution in [1.29, 1.82) is 0 Å². The van der Waals surface area contributed by atoms with Crippen LogP contribution in [0.3, 0.4) is 0 Å². The van der Waals surface area contributed by atoms with Crippen LogP contribution in [0, 0.1) is 5.41 Å². The molecule has 0 unspecified atom stereocenters. The quantitative estimate of drug-likeness (QED) is 0.556. The molecule has 0 aliphatic heterocycles. The van der Waals surface area contributed by atoms with Crippen molar-refractivity contribution >= 4 is 0 Å². The summed E-state index contributed by atoms with van der Waals surface area (Å²) in [5.41, 5.74) is 6.62. The molecule has 0 aromatic rings. The third-order valence-electron chi connectivity index (χ3n) is 3.58. The van der Waals surface area contributed by atoms with E-state index >= 15 is 0 Å². The summed E-state index contributed by atoms with van der Waals surface area (Å²) in [6.07, 6.45) is 3.99. The standard InChI is InChI=1S/C14H24/c1-10(2)12(4)13-11(3)8-7-9-14(13,5)6/h7-9H2,1-6H3. The van der Waals surface area contributed by atoms with E-state index in [4.69, 9.17) is 0 Å². The molecule has 80 valence electrons. The molecule has 0 N–H and O–H groups in total. The first-order chi connectivity index (χ1) is 6.36. The largest absolute Gasteiger partial charge is 0.0732 e. The van der Waals surface area contributed by atoms with Gasteiger partial charge in [0.05, 0.1) is 0 Å². The van der Waals surface area contributed by atoms with E-state index in [2.05, 4.69) is 41.5 Å². The molecule has 0 atom stereocenters. The topological polar surface area (TPSA) is 0 Å². The van der Waals surface area contributed by atoms with Crippen LogP contribution in [0.4, 0.5) is 0 Å². The van der Waals surface area contributed by atoms with Gasteiger partial charge in [-0.2, -0.15) is 0 Å². The molecule has 0 saturated carbocycles. The average molecular weight is 192 g/mol. The molecule has 0 amide bonds. The maximum atomic E-state index is 2.39. The minimum absolute atomic E-state index is 0.393. The molecule has 0 saturated heterocycles. The summed E-state index contributed by atoms with van der Waals surface area (Å²) in [5, 5.41) is 0. The zero-order valence-corrected chi connectivity index (χ0v) is 10.6. The summed E-state index contributed by atoms with van der Waals surface area (Å²) in [5.74, 6) is 0. The smallest absolute Gasteiger partial charge is 0.0101 e. The summed E-state index contributed by atoms with van der Waals surface area (Å²) in [6, 6.07) is 0. The van der Waals surface area contributed by atoms with Crippen molar-refractivity contribution in [1.82, 2.24) is 0 Å². The van der Waals surface area contributed by atoms with Crippen molar-refractivity contribution in [2.24, 2.45) is 5.41 Å². The van der Waals surface area contributed by atoms with E-state index in [9.17, 15) is 0 Å². The molecule has 0 heteroatoms. The highest BCUT2D eigenvalue weighted by Gasteiger charge is 2.29. The van der Waals surface area contributed by atoms with Gasteiger partial charge in [0, 0.05) is 0 Å². The van der Waals surface area contributed by atoms with E-state index in [0.29, 0.717) is 5.41 Å². The third-order valence-corrected chi connectivity index (χ3v) is 3.58. The lowest BCUT2D eigenvalue weighted by atomic mass is 9.69. The number of hydrogen-bond acceptors (Lipinski definition) is 0. The van der Waals surface area contributed by atoms with Crippen molar-refractivity contribution < 1.29 is 0 Å². The Morgan fingerprint density at radius 3 is 2.14 bits per heavy atom. The molecule has 0 nitrogen and oxygen atoms in total. The van der Waals surface area contributed by atoms with Crippen LogP contribution in [0.1, 0.15) is 60.8 Å². The van der Waals surface area contributed by atoms with Crippen LogP contribution in [0.25, 0.3) is 0 Å². The number of hydrogen-bond donors (Lipinski definition) is 0. The second-order valence-corrected chi connectivity index (χ2v) is 5.52. The van der Waals surface area contributed by atoms with Crippen molar-refractivity contribution in [2.75, 3.05) is 0 Å². The Hall–Kier alpha value is -0.520. The Labute approximate surface area is 89.1 Å². The van der Waals surface area contributed by atoms with Gasteiger partial charge < -0.3 is 0 Å². The Bertz CT molecular complexity index is 283. The van der Waals surface area contributed by atoms with Crippen molar-refractivity contribution in [3.8, 4) is 0 Å². The highest BCUT2D eigenvalue weighted by molar-refractivity contribution is 5.41. The molecule has 0 radical (unpaired) electrons. The number of allylic oxidation sites excluding steroid dienone is 4. The van der Waals surface area contributed by atoms with Crippen LogP contribution in [0.5, 0.6) is 0 Å². The van der Waals surface area contributed by atoms with E-state index in [1.165, 1.54) is 30.4 Å². The molecule has 0 fully saturated rings. The molecule has 0 aromatic carbocycles. The van der Waals surface area contributed by atoms with Crippen LogP contribution in [-0.2, 0) is 0 Å². The van der Waals surface area contributed by atoms with E-state index in [-0.39, 0.29) is 0 Å². The van der Waals surface area contributed by atoms with Gasteiger partial charge >= 0.3 is 0 Å². The maximum absolute atomic E-state index is 2.39. The van der Waals surface area contributed by atoms with Crippen LogP contribution in [0.15, 0.2) is 22.3 Å². The van der Waals surface area contributed by atoms with Gasteiger partial charge in [0.1, 0.15) is 0 Å². The fraction of sp³-hybridized carbons (Fsp3) is 0.714. The van der Waals surface area contributed by atoms with E-state index in [0.717, 1.165) is 0 Å². The summed E-state index contributed by atoms with van der Waals surface area (Å²) in [6.45, 7) is 13.8. The normalized spacial score (nSPS) is 21.0. The predicted molar refractivity (Wildman–Crippen MR) is 64.4 cm³/mol.